The molecule has 1 aromatic heterocycles. The number of rotatable bonds is 1. The predicted octanol–water partition coefficient (Wildman–Crippen LogP) is 3.02. The van der Waals surface area contributed by atoms with Crippen molar-refractivity contribution in [2.75, 3.05) is 13.2 Å². The molecule has 1 atom stereocenters. The molecule has 2 aromatic rings. The highest BCUT2D eigenvalue weighted by Crippen LogP contribution is 2.29. The van der Waals surface area contributed by atoms with Crippen molar-refractivity contribution in [1.29, 1.82) is 5.26 Å². The molecule has 18 heavy (non-hydrogen) atoms. The molecule has 0 amide bonds. The Hall–Kier alpha value is -1.38. The topological polar surface area (TPSA) is 50.8 Å². The summed E-state index contributed by atoms with van der Waals surface area (Å²) in [6.45, 7) is 1.55. The summed E-state index contributed by atoms with van der Waals surface area (Å²) in [6.07, 6.45) is 2.16. The van der Waals surface area contributed by atoms with E-state index in [1.165, 1.54) is 0 Å². The van der Waals surface area contributed by atoms with Gasteiger partial charge in [0.1, 0.15) is 4.60 Å². The highest BCUT2D eigenvalue weighted by atomic mass is 79.9. The van der Waals surface area contributed by atoms with Gasteiger partial charge >= 0.3 is 0 Å². The molecule has 0 radical (unpaired) electrons. The van der Waals surface area contributed by atoms with Gasteiger partial charge in [-0.15, -0.1) is 0 Å². The average Bonchev–Trinajstić information content (AvgIpc) is 2.77. The zero-order valence-electron chi connectivity index (χ0n) is 9.77. The first-order valence-electron chi connectivity index (χ1n) is 5.95. The van der Waals surface area contributed by atoms with Crippen molar-refractivity contribution in [3.63, 3.8) is 0 Å². The zero-order valence-corrected chi connectivity index (χ0v) is 11.4. The van der Waals surface area contributed by atoms with Gasteiger partial charge in [-0.05, 0) is 47.0 Å². The van der Waals surface area contributed by atoms with Gasteiger partial charge < -0.3 is 4.74 Å². The first kappa shape index (κ1) is 11.7. The molecular weight excluding hydrogens is 294 g/mol. The van der Waals surface area contributed by atoms with Gasteiger partial charge in [-0.25, -0.2) is 0 Å². The number of nitrogens with zero attached hydrogens (tertiary/aromatic N) is 3. The molecule has 0 saturated carbocycles. The van der Waals surface area contributed by atoms with Gasteiger partial charge in [0.2, 0.25) is 0 Å². The minimum atomic E-state index is 0.292. The second kappa shape index (κ2) is 4.71. The van der Waals surface area contributed by atoms with Gasteiger partial charge in [0, 0.05) is 12.0 Å². The van der Waals surface area contributed by atoms with Crippen LogP contribution in [0.2, 0.25) is 0 Å². The van der Waals surface area contributed by atoms with Crippen LogP contribution in [0.5, 0.6) is 0 Å². The molecule has 1 aromatic carbocycles. The number of benzene rings is 1. The fourth-order valence-electron chi connectivity index (χ4n) is 2.37. The highest BCUT2D eigenvalue weighted by Gasteiger charge is 2.20. The van der Waals surface area contributed by atoms with E-state index in [-0.39, 0.29) is 0 Å². The molecule has 0 bridgehead atoms. The Kier molecular flexibility index (Phi) is 3.06. The monoisotopic (exact) mass is 305 g/mol. The molecule has 1 aliphatic rings. The first-order chi connectivity index (χ1) is 8.79. The van der Waals surface area contributed by atoms with Crippen LogP contribution in [-0.4, -0.2) is 23.0 Å². The van der Waals surface area contributed by atoms with E-state index in [4.69, 9.17) is 10.00 Å². The molecule has 0 aliphatic carbocycles. The van der Waals surface area contributed by atoms with Crippen molar-refractivity contribution < 1.29 is 4.74 Å². The summed E-state index contributed by atoms with van der Waals surface area (Å²) in [5.41, 5.74) is 1.71. The van der Waals surface area contributed by atoms with Gasteiger partial charge in [0.25, 0.3) is 0 Å². The van der Waals surface area contributed by atoms with E-state index in [1.54, 1.807) is 0 Å². The zero-order chi connectivity index (χ0) is 12.5. The first-order valence-corrected chi connectivity index (χ1v) is 6.74. The van der Waals surface area contributed by atoms with Crippen LogP contribution in [0, 0.1) is 11.3 Å². The smallest absolute Gasteiger partial charge is 0.136 e. The summed E-state index contributed by atoms with van der Waals surface area (Å²) in [6, 6.07) is 8.10. The molecule has 2 heterocycles. The normalized spacial score (nSPS) is 19.9. The summed E-state index contributed by atoms with van der Waals surface area (Å²) in [5, 5.41) is 14.4. The van der Waals surface area contributed by atoms with Crippen molar-refractivity contribution >= 4 is 26.8 Å². The number of halogens is 1. The lowest BCUT2D eigenvalue weighted by atomic mass is 10.1. The van der Waals surface area contributed by atoms with E-state index in [2.05, 4.69) is 27.1 Å². The number of fused-ring (bicyclic) bond motifs is 1. The number of hydrogen-bond acceptors (Lipinski definition) is 3. The largest absolute Gasteiger partial charge is 0.379 e. The van der Waals surface area contributed by atoms with Crippen LogP contribution in [0.3, 0.4) is 0 Å². The molecule has 92 valence electrons. The number of hydrogen-bond donors (Lipinski definition) is 0. The lowest BCUT2D eigenvalue weighted by Crippen LogP contribution is -2.22. The van der Waals surface area contributed by atoms with Gasteiger partial charge in [0.15, 0.2) is 0 Å². The Morgan fingerprint density at radius 3 is 3.11 bits per heavy atom. The Balaban J connectivity index is 2.10. The van der Waals surface area contributed by atoms with E-state index in [0.29, 0.717) is 18.2 Å². The molecule has 5 heteroatoms. The van der Waals surface area contributed by atoms with Gasteiger partial charge in [-0.1, -0.05) is 0 Å². The van der Waals surface area contributed by atoms with Crippen LogP contribution in [0.25, 0.3) is 10.9 Å². The van der Waals surface area contributed by atoms with Gasteiger partial charge in [-0.3, -0.25) is 4.68 Å². The van der Waals surface area contributed by atoms with Crippen LogP contribution < -0.4 is 0 Å². The van der Waals surface area contributed by atoms with Crippen LogP contribution >= 0.6 is 15.9 Å². The van der Waals surface area contributed by atoms with E-state index in [0.717, 1.165) is 35.0 Å². The summed E-state index contributed by atoms with van der Waals surface area (Å²) < 4.78 is 8.32. The standard InChI is InChI=1S/C13H12BrN3O/c14-13-11-6-9(7-15)3-4-12(11)17(16-13)10-2-1-5-18-8-10/h3-4,6,10H,1-2,5,8H2. The second-order valence-electron chi connectivity index (χ2n) is 4.45. The van der Waals surface area contributed by atoms with Crippen LogP contribution in [0.4, 0.5) is 0 Å². The molecular formula is C13H12BrN3O. The Bertz CT molecular complexity index is 623. The highest BCUT2D eigenvalue weighted by molar-refractivity contribution is 9.10. The summed E-state index contributed by atoms with van der Waals surface area (Å²) in [7, 11) is 0. The molecule has 4 nitrogen and oxygen atoms in total. The van der Waals surface area contributed by atoms with Crippen molar-refractivity contribution in [3.8, 4) is 6.07 Å². The third-order valence-corrected chi connectivity index (χ3v) is 3.86. The third-order valence-electron chi connectivity index (χ3n) is 3.27. The Morgan fingerprint density at radius 1 is 1.50 bits per heavy atom. The van der Waals surface area contributed by atoms with Gasteiger partial charge in [-0.2, -0.15) is 10.4 Å². The number of ether oxygens (including phenoxy) is 1. The van der Waals surface area contributed by atoms with E-state index >= 15 is 0 Å². The minimum Gasteiger partial charge on any atom is -0.379 e. The molecule has 1 aliphatic heterocycles. The predicted molar refractivity (Wildman–Crippen MR) is 71.2 cm³/mol. The summed E-state index contributed by atoms with van der Waals surface area (Å²) in [5.74, 6) is 0. The quantitative estimate of drug-likeness (QED) is 0.814. The number of nitriles is 1. The lowest BCUT2D eigenvalue weighted by molar-refractivity contribution is 0.0564. The van der Waals surface area contributed by atoms with Crippen LogP contribution in [0.1, 0.15) is 24.4 Å². The molecule has 0 spiro atoms. The lowest BCUT2D eigenvalue weighted by Gasteiger charge is -2.23. The van der Waals surface area contributed by atoms with Crippen molar-refractivity contribution in [2.45, 2.75) is 18.9 Å². The Labute approximate surface area is 113 Å². The Morgan fingerprint density at radius 2 is 2.39 bits per heavy atom. The maximum absolute atomic E-state index is 8.93. The van der Waals surface area contributed by atoms with E-state index < -0.39 is 0 Å². The maximum atomic E-state index is 8.93. The van der Waals surface area contributed by atoms with Crippen molar-refractivity contribution in [3.05, 3.63) is 28.4 Å². The van der Waals surface area contributed by atoms with Crippen LogP contribution in [0.15, 0.2) is 22.8 Å². The second-order valence-corrected chi connectivity index (χ2v) is 5.20. The number of aromatic nitrogens is 2. The van der Waals surface area contributed by atoms with Crippen molar-refractivity contribution in [1.82, 2.24) is 9.78 Å². The van der Waals surface area contributed by atoms with E-state index in [9.17, 15) is 0 Å². The van der Waals surface area contributed by atoms with Gasteiger partial charge in [0.05, 0.1) is 29.8 Å². The SMILES string of the molecule is N#Cc1ccc2c(c1)c(Br)nn2C1CCCOC1. The van der Waals surface area contributed by atoms with E-state index in [1.807, 2.05) is 22.9 Å². The third kappa shape index (κ3) is 1.92. The minimum absolute atomic E-state index is 0.292. The maximum Gasteiger partial charge on any atom is 0.136 e. The molecule has 3 rings (SSSR count). The van der Waals surface area contributed by atoms with Crippen molar-refractivity contribution in [2.24, 2.45) is 0 Å². The average molecular weight is 306 g/mol. The molecule has 1 unspecified atom stereocenters. The fraction of sp³-hybridized carbons (Fsp3) is 0.385. The molecule has 0 N–H and O–H groups in total. The molecule has 1 fully saturated rings. The fourth-order valence-corrected chi connectivity index (χ4v) is 2.86. The molecule has 1 saturated heterocycles. The summed E-state index contributed by atoms with van der Waals surface area (Å²) in [4.78, 5) is 0. The summed E-state index contributed by atoms with van der Waals surface area (Å²) >= 11 is 3.47. The van der Waals surface area contributed by atoms with Crippen LogP contribution in [-0.2, 0) is 4.74 Å².